The van der Waals surface area contributed by atoms with Crippen LogP contribution >= 0.6 is 0 Å². The van der Waals surface area contributed by atoms with Crippen LogP contribution in [0.1, 0.15) is 5.56 Å². The van der Waals surface area contributed by atoms with Gasteiger partial charge in [0.15, 0.2) is 5.82 Å². The lowest BCUT2D eigenvalue weighted by molar-refractivity contribution is 0.183. The molecule has 4 heterocycles. The number of pyridine rings is 1. The van der Waals surface area contributed by atoms with Gasteiger partial charge in [0.2, 0.25) is 0 Å². The number of halogens is 1. The molecule has 8 heteroatoms. The Morgan fingerprint density at radius 1 is 1.17 bits per heavy atom. The van der Waals surface area contributed by atoms with Crippen LogP contribution in [0.3, 0.4) is 0 Å². The Morgan fingerprint density at radius 2 is 2.10 bits per heavy atom. The fourth-order valence-electron chi connectivity index (χ4n) is 3.68. The molecule has 0 saturated heterocycles. The van der Waals surface area contributed by atoms with Gasteiger partial charge in [-0.2, -0.15) is 5.10 Å². The molecule has 146 valence electrons. The number of rotatable bonds is 5. The summed E-state index contributed by atoms with van der Waals surface area (Å²) in [6, 6.07) is 8.75. The summed E-state index contributed by atoms with van der Waals surface area (Å²) in [5.74, 6) is 0.512. The predicted octanol–water partition coefficient (Wildman–Crippen LogP) is 3.37. The molecule has 0 radical (unpaired) electrons. The average molecular weight is 390 g/mol. The van der Waals surface area contributed by atoms with E-state index in [-0.39, 0.29) is 5.82 Å². The Bertz CT molecular complexity index is 1190. The number of benzene rings is 1. The second kappa shape index (κ2) is 7.21. The molecule has 0 fully saturated rings. The quantitative estimate of drug-likeness (QED) is 0.520. The predicted molar refractivity (Wildman–Crippen MR) is 108 cm³/mol. The monoisotopic (exact) mass is 390 g/mol. The maximum atomic E-state index is 13.6. The molecular formula is C21H19FN6O. The Hall–Kier alpha value is -3.39. The third-order valence-corrected chi connectivity index (χ3v) is 5.11. The van der Waals surface area contributed by atoms with Gasteiger partial charge in [0, 0.05) is 31.1 Å². The van der Waals surface area contributed by atoms with Crippen molar-refractivity contribution in [3.8, 4) is 11.3 Å². The summed E-state index contributed by atoms with van der Waals surface area (Å²) in [5.41, 5.74) is 5.14. The molecule has 29 heavy (non-hydrogen) atoms. The number of methoxy groups -OCH3 is 1. The lowest BCUT2D eigenvalue weighted by Crippen LogP contribution is -2.16. The molecule has 0 amide bonds. The molecule has 1 aliphatic heterocycles. The van der Waals surface area contributed by atoms with Gasteiger partial charge in [0.05, 0.1) is 30.6 Å². The van der Waals surface area contributed by atoms with E-state index in [1.807, 2.05) is 23.0 Å². The molecule has 0 bridgehead atoms. The summed E-state index contributed by atoms with van der Waals surface area (Å²) in [6.07, 6.45) is 6.06. The lowest BCUT2D eigenvalue weighted by atomic mass is 10.1. The maximum absolute atomic E-state index is 13.6. The number of hydrogen-bond donors (Lipinski definition) is 0. The van der Waals surface area contributed by atoms with Crippen molar-refractivity contribution in [2.75, 3.05) is 25.2 Å². The molecule has 0 aliphatic carbocycles. The maximum Gasteiger partial charge on any atom is 0.163 e. The minimum absolute atomic E-state index is 0.218. The van der Waals surface area contributed by atoms with Crippen molar-refractivity contribution in [2.45, 2.75) is 13.0 Å². The molecule has 4 aromatic rings. The highest BCUT2D eigenvalue weighted by molar-refractivity contribution is 5.90. The fourth-order valence-corrected chi connectivity index (χ4v) is 3.68. The second-order valence-corrected chi connectivity index (χ2v) is 6.92. The molecule has 0 saturated carbocycles. The Labute approximate surface area is 166 Å². The minimum Gasteiger partial charge on any atom is -0.383 e. The topological polar surface area (TPSA) is 69.0 Å². The zero-order valence-corrected chi connectivity index (χ0v) is 15.9. The van der Waals surface area contributed by atoms with Crippen LogP contribution in [0.4, 0.5) is 15.9 Å². The smallest absolute Gasteiger partial charge is 0.163 e. The second-order valence-electron chi connectivity index (χ2n) is 6.92. The largest absolute Gasteiger partial charge is 0.383 e. The number of anilines is 2. The number of fused-ring (bicyclic) bond motifs is 2. The summed E-state index contributed by atoms with van der Waals surface area (Å²) in [4.78, 5) is 15.8. The van der Waals surface area contributed by atoms with Gasteiger partial charge in [0.1, 0.15) is 17.7 Å². The normalized spacial score (nSPS) is 13.2. The van der Waals surface area contributed by atoms with Crippen molar-refractivity contribution in [3.63, 3.8) is 0 Å². The Kier molecular flexibility index (Phi) is 4.40. The first-order valence-corrected chi connectivity index (χ1v) is 9.42. The van der Waals surface area contributed by atoms with Crippen LogP contribution in [0.5, 0.6) is 0 Å². The van der Waals surface area contributed by atoms with Crippen LogP contribution in [0.2, 0.25) is 0 Å². The van der Waals surface area contributed by atoms with Crippen molar-refractivity contribution >= 4 is 22.5 Å². The summed E-state index contributed by atoms with van der Waals surface area (Å²) in [6.45, 7) is 2.00. The molecule has 3 aromatic heterocycles. The minimum atomic E-state index is -0.218. The first-order chi connectivity index (χ1) is 14.2. The van der Waals surface area contributed by atoms with Gasteiger partial charge in [-0.15, -0.1) is 0 Å². The molecule has 0 unspecified atom stereocenters. The van der Waals surface area contributed by atoms with Crippen LogP contribution in [0.25, 0.3) is 22.3 Å². The Balaban J connectivity index is 1.56. The van der Waals surface area contributed by atoms with E-state index in [0.29, 0.717) is 18.7 Å². The van der Waals surface area contributed by atoms with E-state index in [0.717, 1.165) is 46.8 Å². The van der Waals surface area contributed by atoms with Crippen molar-refractivity contribution in [2.24, 2.45) is 0 Å². The van der Waals surface area contributed by atoms with Gasteiger partial charge >= 0.3 is 0 Å². The molecule has 0 atom stereocenters. The van der Waals surface area contributed by atoms with E-state index in [1.165, 1.54) is 6.07 Å². The average Bonchev–Trinajstić information content (AvgIpc) is 3.38. The van der Waals surface area contributed by atoms with Gasteiger partial charge in [-0.25, -0.2) is 19.3 Å². The highest BCUT2D eigenvalue weighted by atomic mass is 19.1. The van der Waals surface area contributed by atoms with Crippen molar-refractivity contribution in [1.82, 2.24) is 24.7 Å². The SMILES string of the molecule is COCCn1cc(-c2ccc3ncnc(N4CCc5cc(F)ccc54)c3n2)cn1. The van der Waals surface area contributed by atoms with Crippen LogP contribution < -0.4 is 4.90 Å². The molecular weight excluding hydrogens is 371 g/mol. The van der Waals surface area contributed by atoms with Crippen molar-refractivity contribution in [3.05, 3.63) is 60.4 Å². The van der Waals surface area contributed by atoms with E-state index >= 15 is 0 Å². The number of ether oxygens (including phenoxy) is 1. The van der Waals surface area contributed by atoms with Gasteiger partial charge in [-0.05, 0) is 42.3 Å². The molecule has 7 nitrogen and oxygen atoms in total. The molecule has 5 rings (SSSR count). The van der Waals surface area contributed by atoms with E-state index in [2.05, 4.69) is 20.0 Å². The Morgan fingerprint density at radius 3 is 3.00 bits per heavy atom. The van der Waals surface area contributed by atoms with E-state index in [1.54, 1.807) is 31.8 Å². The fraction of sp³-hybridized carbons (Fsp3) is 0.238. The third kappa shape index (κ3) is 3.21. The highest BCUT2D eigenvalue weighted by Gasteiger charge is 2.24. The molecule has 0 spiro atoms. The summed E-state index contributed by atoms with van der Waals surface area (Å²) >= 11 is 0. The van der Waals surface area contributed by atoms with Gasteiger partial charge in [-0.3, -0.25) is 4.68 Å². The molecule has 1 aliphatic rings. The van der Waals surface area contributed by atoms with Crippen LogP contribution in [0.15, 0.2) is 49.1 Å². The van der Waals surface area contributed by atoms with Crippen LogP contribution in [-0.2, 0) is 17.7 Å². The van der Waals surface area contributed by atoms with Crippen LogP contribution in [-0.4, -0.2) is 45.0 Å². The first-order valence-electron chi connectivity index (χ1n) is 9.42. The van der Waals surface area contributed by atoms with Crippen molar-refractivity contribution in [1.29, 1.82) is 0 Å². The summed E-state index contributed by atoms with van der Waals surface area (Å²) < 4.78 is 20.5. The van der Waals surface area contributed by atoms with E-state index in [4.69, 9.17) is 9.72 Å². The number of aromatic nitrogens is 5. The van der Waals surface area contributed by atoms with E-state index < -0.39 is 0 Å². The first kappa shape index (κ1) is 17.7. The van der Waals surface area contributed by atoms with Gasteiger partial charge < -0.3 is 9.64 Å². The summed E-state index contributed by atoms with van der Waals surface area (Å²) in [5, 5.41) is 4.37. The van der Waals surface area contributed by atoms with E-state index in [9.17, 15) is 4.39 Å². The number of nitrogens with zero attached hydrogens (tertiary/aromatic N) is 6. The van der Waals surface area contributed by atoms with Gasteiger partial charge in [0.25, 0.3) is 0 Å². The zero-order valence-electron chi connectivity index (χ0n) is 15.9. The molecule has 0 N–H and O–H groups in total. The zero-order chi connectivity index (χ0) is 19.8. The third-order valence-electron chi connectivity index (χ3n) is 5.11. The number of hydrogen-bond acceptors (Lipinski definition) is 6. The summed E-state index contributed by atoms with van der Waals surface area (Å²) in [7, 11) is 1.67. The highest BCUT2D eigenvalue weighted by Crippen LogP contribution is 2.36. The van der Waals surface area contributed by atoms with Crippen LogP contribution in [0, 0.1) is 5.82 Å². The van der Waals surface area contributed by atoms with Gasteiger partial charge in [-0.1, -0.05) is 0 Å². The standard InChI is InChI=1S/C21H19FN6O/c1-29-9-8-27-12-15(11-25-27)17-3-4-18-20(26-17)21(24-13-23-18)28-7-6-14-10-16(22)2-5-19(14)28/h2-5,10-13H,6-9H2,1H3. The lowest BCUT2D eigenvalue weighted by Gasteiger charge is -2.19. The molecule has 1 aromatic carbocycles. The van der Waals surface area contributed by atoms with Crippen molar-refractivity contribution < 1.29 is 9.13 Å².